The predicted molar refractivity (Wildman–Crippen MR) is 72.6 cm³/mol. The van der Waals surface area contributed by atoms with Crippen molar-refractivity contribution in [1.29, 1.82) is 0 Å². The smallest absolute Gasteiger partial charge is 0.206 e. The highest BCUT2D eigenvalue weighted by Gasteiger charge is 2.52. The Morgan fingerprint density at radius 1 is 1.15 bits per heavy atom. The monoisotopic (exact) mass is 279 g/mol. The molecule has 2 aliphatic heterocycles. The molecule has 0 saturated carbocycles. The zero-order chi connectivity index (χ0) is 14.2. The van der Waals surface area contributed by atoms with Gasteiger partial charge in [0.15, 0.2) is 5.79 Å². The second-order valence-electron chi connectivity index (χ2n) is 5.51. The lowest BCUT2D eigenvalue weighted by molar-refractivity contribution is -0.265. The van der Waals surface area contributed by atoms with Crippen molar-refractivity contribution in [2.24, 2.45) is 0 Å². The number of hydrogen-bond donors (Lipinski definition) is 1. The topological polar surface area (TPSA) is 49.0 Å². The van der Waals surface area contributed by atoms with Crippen molar-refractivity contribution in [3.8, 4) is 0 Å². The van der Waals surface area contributed by atoms with E-state index in [9.17, 15) is 0 Å². The molecular weight excluding hydrogens is 258 g/mol. The van der Waals surface area contributed by atoms with E-state index in [-0.39, 0.29) is 18.2 Å². The van der Waals surface area contributed by atoms with Crippen molar-refractivity contribution in [3.63, 3.8) is 0 Å². The number of hydroxylamine groups is 1. The largest absolute Gasteiger partial charge is 0.349 e. The fourth-order valence-electron chi connectivity index (χ4n) is 2.77. The average molecular weight is 279 g/mol. The van der Waals surface area contributed by atoms with E-state index in [1.165, 1.54) is 0 Å². The minimum atomic E-state index is -0.632. The lowest BCUT2D eigenvalue weighted by Gasteiger charge is -2.37. The first kappa shape index (κ1) is 14.0. The molecule has 5 nitrogen and oxygen atoms in total. The average Bonchev–Trinajstić information content (AvgIpc) is 2.76. The number of rotatable bonds is 3. The second-order valence-corrected chi connectivity index (χ2v) is 5.51. The van der Waals surface area contributed by atoms with Crippen LogP contribution in [0.5, 0.6) is 0 Å². The molecule has 5 heteroatoms. The molecule has 0 aromatic heterocycles. The van der Waals surface area contributed by atoms with Crippen LogP contribution in [0.4, 0.5) is 0 Å². The summed E-state index contributed by atoms with van der Waals surface area (Å²) in [5, 5.41) is 0. The Labute approximate surface area is 119 Å². The van der Waals surface area contributed by atoms with E-state index in [0.717, 1.165) is 5.56 Å². The summed E-state index contributed by atoms with van der Waals surface area (Å²) in [6.45, 7) is 6.32. The fraction of sp³-hybridized carbons (Fsp3) is 0.600. The first-order valence-corrected chi connectivity index (χ1v) is 7.04. The summed E-state index contributed by atoms with van der Waals surface area (Å²) in [6.07, 6.45) is -0.833. The van der Waals surface area contributed by atoms with Gasteiger partial charge in [0.1, 0.15) is 12.2 Å². The van der Waals surface area contributed by atoms with Crippen LogP contribution in [0.3, 0.4) is 0 Å². The van der Waals surface area contributed by atoms with Crippen molar-refractivity contribution >= 4 is 0 Å². The molecule has 110 valence electrons. The maximum atomic E-state index is 6.05. The van der Waals surface area contributed by atoms with Gasteiger partial charge in [-0.15, -0.1) is 0 Å². The maximum absolute atomic E-state index is 6.05. The third-order valence-corrected chi connectivity index (χ3v) is 3.56. The summed E-state index contributed by atoms with van der Waals surface area (Å²) in [5.41, 5.74) is 4.16. The minimum absolute atomic E-state index is 0.0697. The maximum Gasteiger partial charge on any atom is 0.206 e. The number of hydrogen-bond acceptors (Lipinski definition) is 5. The van der Waals surface area contributed by atoms with Crippen LogP contribution in [0.1, 0.15) is 32.4 Å². The van der Waals surface area contributed by atoms with Gasteiger partial charge in [0.05, 0.1) is 6.04 Å². The lowest BCUT2D eigenvalue weighted by Crippen LogP contribution is -2.53. The number of nitrogens with one attached hydrogen (secondary N) is 1. The van der Waals surface area contributed by atoms with E-state index in [1.807, 2.05) is 51.1 Å². The molecule has 2 fully saturated rings. The van der Waals surface area contributed by atoms with Gasteiger partial charge in [-0.3, -0.25) is 4.84 Å². The van der Waals surface area contributed by atoms with Gasteiger partial charge in [-0.25, -0.2) is 0 Å². The fourth-order valence-corrected chi connectivity index (χ4v) is 2.77. The van der Waals surface area contributed by atoms with Crippen LogP contribution in [0.15, 0.2) is 30.3 Å². The molecule has 0 radical (unpaired) electrons. The van der Waals surface area contributed by atoms with E-state index in [2.05, 4.69) is 5.48 Å². The quantitative estimate of drug-likeness (QED) is 0.918. The predicted octanol–water partition coefficient (Wildman–Crippen LogP) is 2.15. The molecule has 1 N–H and O–H groups in total. The Bertz CT molecular complexity index is 450. The van der Waals surface area contributed by atoms with Gasteiger partial charge in [-0.05, 0) is 26.3 Å². The van der Waals surface area contributed by atoms with E-state index < -0.39 is 12.1 Å². The van der Waals surface area contributed by atoms with E-state index in [0.29, 0.717) is 6.61 Å². The molecule has 2 heterocycles. The number of fused-ring (bicyclic) bond motifs is 1. The van der Waals surface area contributed by atoms with Gasteiger partial charge in [0, 0.05) is 6.61 Å². The zero-order valence-electron chi connectivity index (χ0n) is 12.0. The van der Waals surface area contributed by atoms with Gasteiger partial charge >= 0.3 is 0 Å². The van der Waals surface area contributed by atoms with Gasteiger partial charge < -0.3 is 14.2 Å². The summed E-state index contributed by atoms with van der Waals surface area (Å²) in [5.74, 6) is -0.632. The van der Waals surface area contributed by atoms with E-state index in [1.54, 1.807) is 0 Å². The van der Waals surface area contributed by atoms with Crippen molar-refractivity contribution < 1.29 is 19.0 Å². The summed E-state index contributed by atoms with van der Waals surface area (Å²) >= 11 is 0. The van der Waals surface area contributed by atoms with Crippen molar-refractivity contribution in [2.45, 2.75) is 51.1 Å². The van der Waals surface area contributed by atoms with Gasteiger partial charge in [-0.2, -0.15) is 5.48 Å². The standard InChI is InChI=1S/C15H21NO4/c1-4-17-14-13-12(18-15(2,3)19-13)11(16-20-14)10-8-6-5-7-9-10/h5-9,11-14,16H,4H2,1-3H3/t11-,12-,13-,14-/m1/s1. The molecule has 0 aliphatic carbocycles. The van der Waals surface area contributed by atoms with E-state index >= 15 is 0 Å². The van der Waals surface area contributed by atoms with Crippen LogP contribution in [0, 0.1) is 0 Å². The molecule has 0 spiro atoms. The third kappa shape index (κ3) is 2.60. The van der Waals surface area contributed by atoms with Crippen molar-refractivity contribution in [3.05, 3.63) is 35.9 Å². The highest BCUT2D eigenvalue weighted by atomic mass is 16.8. The molecule has 0 amide bonds. The van der Waals surface area contributed by atoms with Crippen LogP contribution in [-0.4, -0.2) is 30.9 Å². The van der Waals surface area contributed by atoms with Crippen LogP contribution >= 0.6 is 0 Å². The number of benzene rings is 1. The van der Waals surface area contributed by atoms with Gasteiger partial charge in [0.2, 0.25) is 6.29 Å². The Morgan fingerprint density at radius 3 is 2.55 bits per heavy atom. The molecule has 20 heavy (non-hydrogen) atoms. The highest BCUT2D eigenvalue weighted by Crippen LogP contribution is 2.40. The van der Waals surface area contributed by atoms with Crippen molar-refractivity contribution in [1.82, 2.24) is 5.48 Å². The number of ether oxygens (including phenoxy) is 3. The molecule has 3 rings (SSSR count). The van der Waals surface area contributed by atoms with Crippen LogP contribution in [-0.2, 0) is 19.0 Å². The first-order chi connectivity index (χ1) is 9.61. The molecule has 4 atom stereocenters. The first-order valence-electron chi connectivity index (χ1n) is 7.04. The molecule has 2 aliphatic rings. The zero-order valence-corrected chi connectivity index (χ0v) is 12.0. The third-order valence-electron chi connectivity index (χ3n) is 3.56. The SMILES string of the molecule is CCO[C@@H]1ON[C@H](c2ccccc2)[C@H]2OC(C)(C)O[C@@H]12. The molecule has 0 bridgehead atoms. The molecule has 2 saturated heterocycles. The van der Waals surface area contributed by atoms with Crippen LogP contribution in [0.2, 0.25) is 0 Å². The van der Waals surface area contributed by atoms with Gasteiger partial charge in [-0.1, -0.05) is 30.3 Å². The Morgan fingerprint density at radius 2 is 1.85 bits per heavy atom. The summed E-state index contributed by atoms with van der Waals surface area (Å²) in [4.78, 5) is 5.62. The molecular formula is C15H21NO4. The van der Waals surface area contributed by atoms with E-state index in [4.69, 9.17) is 19.0 Å². The minimum Gasteiger partial charge on any atom is -0.349 e. The molecule has 1 aromatic rings. The normalized spacial score (nSPS) is 35.8. The summed E-state index contributed by atoms with van der Waals surface area (Å²) in [7, 11) is 0. The Hall–Kier alpha value is -0.980. The second kappa shape index (κ2) is 5.42. The molecule has 1 aromatic carbocycles. The Kier molecular flexibility index (Phi) is 3.79. The summed E-state index contributed by atoms with van der Waals surface area (Å²) in [6, 6.07) is 10.0. The van der Waals surface area contributed by atoms with Crippen molar-refractivity contribution in [2.75, 3.05) is 6.61 Å². The summed E-state index contributed by atoms with van der Waals surface area (Å²) < 4.78 is 17.6. The Balaban J connectivity index is 1.85. The van der Waals surface area contributed by atoms with Crippen LogP contribution in [0.25, 0.3) is 0 Å². The molecule has 0 unspecified atom stereocenters. The highest BCUT2D eigenvalue weighted by molar-refractivity contribution is 5.21. The lowest BCUT2D eigenvalue weighted by atomic mass is 9.97. The van der Waals surface area contributed by atoms with Crippen LogP contribution < -0.4 is 5.48 Å². The van der Waals surface area contributed by atoms with Gasteiger partial charge in [0.25, 0.3) is 0 Å².